The van der Waals surface area contributed by atoms with E-state index in [1.807, 2.05) is 13.0 Å². The number of ketones is 1. The maximum absolute atomic E-state index is 12.1. The molecule has 0 fully saturated rings. The van der Waals surface area contributed by atoms with E-state index in [1.165, 1.54) is 19.1 Å². The summed E-state index contributed by atoms with van der Waals surface area (Å²) in [5.74, 6) is -0.445. The number of carbonyl (C=O) groups is 3. The van der Waals surface area contributed by atoms with Gasteiger partial charge in [-0.2, -0.15) is 0 Å². The quantitative estimate of drug-likeness (QED) is 0.543. The number of benzene rings is 2. The fourth-order valence-electron chi connectivity index (χ4n) is 2.57. The van der Waals surface area contributed by atoms with Crippen molar-refractivity contribution in [3.63, 3.8) is 0 Å². The molecule has 29 heavy (non-hydrogen) atoms. The molecular formula is C20H18ClNO7. The number of hydrogen-bond donors (Lipinski definition) is 1. The van der Waals surface area contributed by atoms with Gasteiger partial charge < -0.3 is 24.3 Å². The Labute approximate surface area is 171 Å². The number of fused-ring (bicyclic) bond motifs is 1. The van der Waals surface area contributed by atoms with E-state index in [4.69, 9.17) is 30.5 Å². The van der Waals surface area contributed by atoms with Gasteiger partial charge in [-0.05, 0) is 37.6 Å². The fourth-order valence-corrected chi connectivity index (χ4v) is 2.74. The molecule has 1 aliphatic heterocycles. The summed E-state index contributed by atoms with van der Waals surface area (Å²) >= 11 is 5.99. The van der Waals surface area contributed by atoms with Crippen molar-refractivity contribution >= 4 is 34.9 Å². The van der Waals surface area contributed by atoms with Gasteiger partial charge in [0.25, 0.3) is 5.91 Å². The van der Waals surface area contributed by atoms with Crippen molar-refractivity contribution in [1.82, 2.24) is 0 Å². The van der Waals surface area contributed by atoms with Crippen LogP contribution in [0.5, 0.6) is 17.2 Å². The minimum atomic E-state index is -0.741. The van der Waals surface area contributed by atoms with Gasteiger partial charge in [0, 0.05) is 11.6 Å². The van der Waals surface area contributed by atoms with Crippen LogP contribution in [0.4, 0.5) is 5.69 Å². The molecule has 0 atom stereocenters. The van der Waals surface area contributed by atoms with Gasteiger partial charge in [-0.1, -0.05) is 17.7 Å². The predicted molar refractivity (Wildman–Crippen MR) is 104 cm³/mol. The average Bonchev–Trinajstić information content (AvgIpc) is 3.13. The van der Waals surface area contributed by atoms with Gasteiger partial charge in [0.05, 0.1) is 10.7 Å². The molecule has 1 amide bonds. The number of amides is 1. The van der Waals surface area contributed by atoms with Crippen molar-refractivity contribution in [2.75, 3.05) is 25.3 Å². The lowest BCUT2D eigenvalue weighted by molar-refractivity contribution is -0.149. The van der Waals surface area contributed by atoms with Gasteiger partial charge >= 0.3 is 5.97 Å². The van der Waals surface area contributed by atoms with Crippen LogP contribution in [0.25, 0.3) is 0 Å². The zero-order chi connectivity index (χ0) is 21.0. The summed E-state index contributed by atoms with van der Waals surface area (Å²) in [6.07, 6.45) is 0. The number of anilines is 1. The standard InChI is InChI=1S/C20H18ClNO7/c1-11-3-4-14(21)16(5-11)26-9-20(25)27-8-19(24)22-15-7-18-17(28-10-29-18)6-13(15)12(2)23/h3-7H,8-10H2,1-2H3,(H,22,24). The Bertz CT molecular complexity index is 974. The summed E-state index contributed by atoms with van der Waals surface area (Å²) in [5, 5.41) is 2.89. The molecule has 2 aromatic carbocycles. The van der Waals surface area contributed by atoms with Crippen molar-refractivity contribution in [2.24, 2.45) is 0 Å². The number of esters is 1. The van der Waals surface area contributed by atoms with Crippen LogP contribution in [-0.4, -0.2) is 37.7 Å². The highest BCUT2D eigenvalue weighted by molar-refractivity contribution is 6.32. The Morgan fingerprint density at radius 3 is 2.55 bits per heavy atom. The Morgan fingerprint density at radius 2 is 1.83 bits per heavy atom. The Morgan fingerprint density at radius 1 is 1.10 bits per heavy atom. The van der Waals surface area contributed by atoms with Gasteiger partial charge in [0.2, 0.25) is 6.79 Å². The van der Waals surface area contributed by atoms with Crippen molar-refractivity contribution in [1.29, 1.82) is 0 Å². The molecule has 8 nitrogen and oxygen atoms in total. The van der Waals surface area contributed by atoms with E-state index < -0.39 is 25.1 Å². The molecule has 1 N–H and O–H groups in total. The number of carbonyl (C=O) groups excluding carboxylic acids is 3. The molecule has 2 aromatic rings. The summed E-state index contributed by atoms with van der Waals surface area (Å²) < 4.78 is 20.7. The number of aryl methyl sites for hydroxylation is 1. The first-order valence-corrected chi connectivity index (χ1v) is 9.00. The monoisotopic (exact) mass is 419 g/mol. The van der Waals surface area contributed by atoms with E-state index >= 15 is 0 Å². The second-order valence-corrected chi connectivity index (χ2v) is 6.65. The van der Waals surface area contributed by atoms with E-state index in [1.54, 1.807) is 12.1 Å². The van der Waals surface area contributed by atoms with Crippen molar-refractivity contribution in [3.05, 3.63) is 46.5 Å². The first-order valence-electron chi connectivity index (χ1n) is 8.62. The van der Waals surface area contributed by atoms with Crippen molar-refractivity contribution in [2.45, 2.75) is 13.8 Å². The molecule has 0 aliphatic carbocycles. The minimum Gasteiger partial charge on any atom is -0.480 e. The molecule has 0 saturated heterocycles. The molecule has 1 aliphatic rings. The molecule has 0 aromatic heterocycles. The second-order valence-electron chi connectivity index (χ2n) is 6.24. The van der Waals surface area contributed by atoms with Gasteiger partial charge in [-0.3, -0.25) is 9.59 Å². The largest absolute Gasteiger partial charge is 0.480 e. The number of Topliss-reactive ketones (excluding diaryl/α,β-unsaturated/α-hetero) is 1. The SMILES string of the molecule is CC(=O)c1cc2c(cc1NC(=O)COC(=O)COc1cc(C)ccc1Cl)OCO2. The summed E-state index contributed by atoms with van der Waals surface area (Å²) in [7, 11) is 0. The summed E-state index contributed by atoms with van der Waals surface area (Å²) in [6.45, 7) is 2.31. The summed E-state index contributed by atoms with van der Waals surface area (Å²) in [6, 6.07) is 8.13. The summed E-state index contributed by atoms with van der Waals surface area (Å²) in [5.41, 5.74) is 1.42. The van der Waals surface area contributed by atoms with E-state index in [9.17, 15) is 14.4 Å². The highest BCUT2D eigenvalue weighted by Crippen LogP contribution is 2.37. The molecule has 1 heterocycles. The van der Waals surface area contributed by atoms with Crippen LogP contribution in [0, 0.1) is 6.92 Å². The lowest BCUT2D eigenvalue weighted by Gasteiger charge is -2.11. The zero-order valence-electron chi connectivity index (χ0n) is 15.7. The Balaban J connectivity index is 1.54. The molecular weight excluding hydrogens is 402 g/mol. The smallest absolute Gasteiger partial charge is 0.344 e. The van der Waals surface area contributed by atoms with Crippen LogP contribution in [0.2, 0.25) is 5.02 Å². The summed E-state index contributed by atoms with van der Waals surface area (Å²) in [4.78, 5) is 35.8. The topological polar surface area (TPSA) is 100 Å². The van der Waals surface area contributed by atoms with Crippen LogP contribution >= 0.6 is 11.6 Å². The number of nitrogens with one attached hydrogen (secondary N) is 1. The number of halogens is 1. The van der Waals surface area contributed by atoms with Gasteiger partial charge in [-0.15, -0.1) is 0 Å². The van der Waals surface area contributed by atoms with E-state index in [-0.39, 0.29) is 23.8 Å². The molecule has 152 valence electrons. The molecule has 0 unspecified atom stereocenters. The van der Waals surface area contributed by atoms with E-state index in [0.717, 1.165) is 5.56 Å². The van der Waals surface area contributed by atoms with Crippen LogP contribution in [0.15, 0.2) is 30.3 Å². The molecule has 0 spiro atoms. The van der Waals surface area contributed by atoms with Crippen LogP contribution in [0.1, 0.15) is 22.8 Å². The third kappa shape index (κ3) is 5.17. The normalized spacial score (nSPS) is 11.7. The first-order chi connectivity index (χ1) is 13.8. The van der Waals surface area contributed by atoms with Gasteiger partial charge in [0.15, 0.2) is 30.5 Å². The van der Waals surface area contributed by atoms with Crippen molar-refractivity contribution in [3.8, 4) is 17.2 Å². The Hall–Kier alpha value is -3.26. The third-order valence-corrected chi connectivity index (χ3v) is 4.27. The molecule has 0 bridgehead atoms. The predicted octanol–water partition coefficient (Wildman–Crippen LogP) is 3.14. The lowest BCUT2D eigenvalue weighted by Crippen LogP contribution is -2.24. The highest BCUT2D eigenvalue weighted by atomic mass is 35.5. The van der Waals surface area contributed by atoms with Crippen molar-refractivity contribution < 1.29 is 33.3 Å². The van der Waals surface area contributed by atoms with Crippen LogP contribution in [-0.2, 0) is 14.3 Å². The maximum Gasteiger partial charge on any atom is 0.344 e. The van der Waals surface area contributed by atoms with E-state index in [2.05, 4.69) is 5.32 Å². The number of hydrogen-bond acceptors (Lipinski definition) is 7. The van der Waals surface area contributed by atoms with Crippen LogP contribution in [0.3, 0.4) is 0 Å². The lowest BCUT2D eigenvalue weighted by atomic mass is 10.1. The average molecular weight is 420 g/mol. The van der Waals surface area contributed by atoms with Gasteiger partial charge in [0.1, 0.15) is 5.75 Å². The third-order valence-electron chi connectivity index (χ3n) is 3.96. The first kappa shape index (κ1) is 20.5. The molecule has 9 heteroatoms. The van der Waals surface area contributed by atoms with E-state index in [0.29, 0.717) is 22.3 Å². The minimum absolute atomic E-state index is 0.0344. The number of rotatable bonds is 7. The molecule has 0 saturated carbocycles. The zero-order valence-corrected chi connectivity index (χ0v) is 16.5. The Kier molecular flexibility index (Phi) is 6.23. The van der Waals surface area contributed by atoms with Gasteiger partial charge in [-0.25, -0.2) is 4.79 Å². The second kappa shape index (κ2) is 8.83. The molecule has 3 rings (SSSR count). The molecule has 0 radical (unpaired) electrons. The number of ether oxygens (including phenoxy) is 4. The fraction of sp³-hybridized carbons (Fsp3) is 0.250. The van der Waals surface area contributed by atoms with Crippen LogP contribution < -0.4 is 19.5 Å². The highest BCUT2D eigenvalue weighted by Gasteiger charge is 2.21. The maximum atomic E-state index is 12.1.